The fourth-order valence-corrected chi connectivity index (χ4v) is 2.81. The zero-order valence-corrected chi connectivity index (χ0v) is 7.64. The summed E-state index contributed by atoms with van der Waals surface area (Å²) in [6, 6.07) is 1.67. The molecule has 14 heavy (non-hydrogen) atoms. The van der Waals surface area contributed by atoms with Crippen LogP contribution in [0.3, 0.4) is 0 Å². The SMILES string of the molecule is O=[N+]([O-])c1cc2c(cn1)C1CCC2C1. The van der Waals surface area contributed by atoms with Gasteiger partial charge in [0.2, 0.25) is 0 Å². The van der Waals surface area contributed by atoms with Crippen LogP contribution in [0.5, 0.6) is 0 Å². The molecule has 2 atom stereocenters. The maximum atomic E-state index is 10.6. The van der Waals surface area contributed by atoms with Crippen LogP contribution in [0.4, 0.5) is 5.82 Å². The monoisotopic (exact) mass is 190 g/mol. The highest BCUT2D eigenvalue weighted by molar-refractivity contribution is 5.43. The quantitative estimate of drug-likeness (QED) is 0.504. The third-order valence-corrected chi connectivity index (χ3v) is 3.45. The van der Waals surface area contributed by atoms with E-state index in [1.807, 2.05) is 0 Å². The molecule has 72 valence electrons. The average molecular weight is 190 g/mol. The molecule has 1 heterocycles. The first-order chi connectivity index (χ1) is 6.75. The summed E-state index contributed by atoms with van der Waals surface area (Å²) < 4.78 is 0. The topological polar surface area (TPSA) is 56.0 Å². The van der Waals surface area contributed by atoms with Gasteiger partial charge < -0.3 is 10.1 Å². The van der Waals surface area contributed by atoms with Crippen molar-refractivity contribution in [3.05, 3.63) is 33.5 Å². The number of aromatic nitrogens is 1. The zero-order chi connectivity index (χ0) is 9.71. The van der Waals surface area contributed by atoms with E-state index in [-0.39, 0.29) is 5.82 Å². The minimum atomic E-state index is -0.410. The normalized spacial score (nSPS) is 27.7. The number of nitro groups is 1. The van der Waals surface area contributed by atoms with Crippen molar-refractivity contribution >= 4 is 5.82 Å². The van der Waals surface area contributed by atoms with Crippen molar-refractivity contribution in [3.8, 4) is 0 Å². The van der Waals surface area contributed by atoms with Crippen LogP contribution in [0, 0.1) is 10.1 Å². The summed E-state index contributed by atoms with van der Waals surface area (Å²) >= 11 is 0. The third-order valence-electron chi connectivity index (χ3n) is 3.45. The third kappa shape index (κ3) is 0.908. The summed E-state index contributed by atoms with van der Waals surface area (Å²) in [6.45, 7) is 0. The minimum Gasteiger partial charge on any atom is -0.358 e. The van der Waals surface area contributed by atoms with Gasteiger partial charge in [-0.15, -0.1) is 0 Å². The molecular weight excluding hydrogens is 180 g/mol. The van der Waals surface area contributed by atoms with E-state index < -0.39 is 4.92 Å². The lowest BCUT2D eigenvalue weighted by atomic mass is 9.93. The van der Waals surface area contributed by atoms with Gasteiger partial charge in [0.1, 0.15) is 6.20 Å². The summed E-state index contributed by atoms with van der Waals surface area (Å²) in [6.07, 6.45) is 5.31. The maximum absolute atomic E-state index is 10.6. The van der Waals surface area contributed by atoms with Gasteiger partial charge in [0.25, 0.3) is 0 Å². The predicted molar refractivity (Wildman–Crippen MR) is 50.2 cm³/mol. The Kier molecular flexibility index (Phi) is 1.43. The average Bonchev–Trinajstić information content (AvgIpc) is 2.77. The van der Waals surface area contributed by atoms with Crippen molar-refractivity contribution in [2.45, 2.75) is 31.1 Å². The van der Waals surface area contributed by atoms with E-state index in [2.05, 4.69) is 4.98 Å². The molecule has 2 unspecified atom stereocenters. The maximum Gasteiger partial charge on any atom is 0.363 e. The Hall–Kier alpha value is -1.45. The first-order valence-electron chi connectivity index (χ1n) is 4.90. The molecule has 0 amide bonds. The van der Waals surface area contributed by atoms with Crippen LogP contribution >= 0.6 is 0 Å². The lowest BCUT2D eigenvalue weighted by Gasteiger charge is -2.11. The molecule has 1 saturated carbocycles. The lowest BCUT2D eigenvalue weighted by Crippen LogP contribution is -2.01. The molecule has 0 aromatic carbocycles. The summed E-state index contributed by atoms with van der Waals surface area (Å²) in [4.78, 5) is 14.0. The van der Waals surface area contributed by atoms with Gasteiger partial charge in [0, 0.05) is 11.6 Å². The van der Waals surface area contributed by atoms with Gasteiger partial charge in [0.05, 0.1) is 0 Å². The molecule has 0 radical (unpaired) electrons. The van der Waals surface area contributed by atoms with Crippen LogP contribution in [0.15, 0.2) is 12.3 Å². The van der Waals surface area contributed by atoms with Gasteiger partial charge in [-0.1, -0.05) is 0 Å². The van der Waals surface area contributed by atoms with Gasteiger partial charge in [-0.05, 0) is 46.6 Å². The van der Waals surface area contributed by atoms with Crippen LogP contribution in [0.25, 0.3) is 0 Å². The molecule has 0 saturated heterocycles. The number of rotatable bonds is 1. The molecular formula is C10H10N2O2. The van der Waals surface area contributed by atoms with Gasteiger partial charge in [0.15, 0.2) is 0 Å². The molecule has 0 aliphatic heterocycles. The molecule has 2 aliphatic rings. The summed E-state index contributed by atoms with van der Waals surface area (Å²) in [5.74, 6) is 1.19. The lowest BCUT2D eigenvalue weighted by molar-refractivity contribution is -0.389. The Morgan fingerprint density at radius 1 is 1.36 bits per heavy atom. The number of hydrogen-bond acceptors (Lipinski definition) is 3. The minimum absolute atomic E-state index is 0.00343. The molecule has 2 aliphatic carbocycles. The number of fused-ring (bicyclic) bond motifs is 5. The first-order valence-corrected chi connectivity index (χ1v) is 4.90. The molecule has 4 heteroatoms. The van der Waals surface area contributed by atoms with Crippen LogP contribution in [0.1, 0.15) is 42.2 Å². The van der Waals surface area contributed by atoms with Crippen molar-refractivity contribution in [2.75, 3.05) is 0 Å². The van der Waals surface area contributed by atoms with Crippen LogP contribution in [-0.4, -0.2) is 9.91 Å². The second kappa shape index (κ2) is 2.53. The molecule has 0 spiro atoms. The second-order valence-electron chi connectivity index (χ2n) is 4.14. The van der Waals surface area contributed by atoms with Crippen LogP contribution < -0.4 is 0 Å². The summed E-state index contributed by atoms with van der Waals surface area (Å²) in [5, 5.41) is 10.6. The fraction of sp³-hybridized carbons (Fsp3) is 0.500. The van der Waals surface area contributed by atoms with Crippen molar-refractivity contribution < 1.29 is 4.92 Å². The molecule has 4 nitrogen and oxygen atoms in total. The van der Waals surface area contributed by atoms with E-state index >= 15 is 0 Å². The van der Waals surface area contributed by atoms with Crippen molar-refractivity contribution in [1.29, 1.82) is 0 Å². The van der Waals surface area contributed by atoms with E-state index in [0.717, 1.165) is 0 Å². The second-order valence-corrected chi connectivity index (χ2v) is 4.14. The van der Waals surface area contributed by atoms with E-state index in [4.69, 9.17) is 0 Å². The van der Waals surface area contributed by atoms with Gasteiger partial charge in [-0.25, -0.2) is 0 Å². The van der Waals surface area contributed by atoms with E-state index in [1.165, 1.54) is 30.4 Å². The number of hydrogen-bond donors (Lipinski definition) is 0. The molecule has 1 aromatic rings. The number of pyridine rings is 1. The fourth-order valence-electron chi connectivity index (χ4n) is 2.81. The van der Waals surface area contributed by atoms with E-state index in [1.54, 1.807) is 12.3 Å². The van der Waals surface area contributed by atoms with Crippen molar-refractivity contribution in [3.63, 3.8) is 0 Å². The van der Waals surface area contributed by atoms with Gasteiger partial charge >= 0.3 is 5.82 Å². The van der Waals surface area contributed by atoms with Crippen LogP contribution in [0.2, 0.25) is 0 Å². The Morgan fingerprint density at radius 3 is 2.79 bits per heavy atom. The highest BCUT2D eigenvalue weighted by Gasteiger charge is 2.38. The highest BCUT2D eigenvalue weighted by Crippen LogP contribution is 2.53. The molecule has 0 N–H and O–H groups in total. The smallest absolute Gasteiger partial charge is 0.358 e. The Bertz CT molecular complexity index is 417. The highest BCUT2D eigenvalue weighted by atomic mass is 16.6. The van der Waals surface area contributed by atoms with Crippen molar-refractivity contribution in [1.82, 2.24) is 4.98 Å². The molecule has 1 fully saturated rings. The summed E-state index contributed by atoms with van der Waals surface area (Å²) in [5.41, 5.74) is 2.44. The predicted octanol–water partition coefficient (Wildman–Crippen LogP) is 2.35. The Balaban J connectivity index is 2.12. The first kappa shape index (κ1) is 7.91. The molecule has 2 bridgehead atoms. The Morgan fingerprint density at radius 2 is 2.07 bits per heavy atom. The summed E-state index contributed by atoms with van der Waals surface area (Å²) in [7, 11) is 0. The number of nitrogens with zero attached hydrogens (tertiary/aromatic N) is 2. The molecule has 1 aromatic heterocycles. The van der Waals surface area contributed by atoms with Crippen LogP contribution in [-0.2, 0) is 0 Å². The standard InChI is InChI=1S/C10H10N2O2/c13-12(14)10-4-8-6-1-2-7(3-6)9(8)5-11-10/h4-7H,1-3H2. The zero-order valence-electron chi connectivity index (χ0n) is 7.64. The Labute approximate surface area is 81.1 Å². The largest absolute Gasteiger partial charge is 0.363 e. The van der Waals surface area contributed by atoms with E-state index in [0.29, 0.717) is 11.8 Å². The molecule has 3 rings (SSSR count). The van der Waals surface area contributed by atoms with Gasteiger partial charge in [-0.2, -0.15) is 0 Å². The van der Waals surface area contributed by atoms with E-state index in [9.17, 15) is 10.1 Å². The van der Waals surface area contributed by atoms with Gasteiger partial charge in [-0.3, -0.25) is 0 Å². The van der Waals surface area contributed by atoms with Crippen molar-refractivity contribution in [2.24, 2.45) is 0 Å².